The maximum absolute atomic E-state index is 8.52. The van der Waals surface area contributed by atoms with E-state index in [1.54, 1.807) is 6.20 Å². The van der Waals surface area contributed by atoms with Crippen molar-refractivity contribution >= 4 is 5.95 Å². The molecule has 1 aromatic heterocycles. The molecule has 0 amide bonds. The van der Waals surface area contributed by atoms with Crippen LogP contribution in [-0.4, -0.2) is 28.2 Å². The van der Waals surface area contributed by atoms with E-state index in [9.17, 15) is 0 Å². The molecule has 0 aliphatic carbocycles. The van der Waals surface area contributed by atoms with Gasteiger partial charge >= 0.3 is 0 Å². The second-order valence-electron chi connectivity index (χ2n) is 2.53. The van der Waals surface area contributed by atoms with Crippen molar-refractivity contribution in [3.05, 3.63) is 18.0 Å². The highest BCUT2D eigenvalue weighted by Gasteiger charge is 1.93. The minimum Gasteiger partial charge on any atom is -0.396 e. The lowest BCUT2D eigenvalue weighted by atomic mass is 10.4. The lowest BCUT2D eigenvalue weighted by Crippen LogP contribution is -2.06. The fourth-order valence-corrected chi connectivity index (χ4v) is 0.813. The first-order chi connectivity index (χ1) is 5.83. The highest BCUT2D eigenvalue weighted by molar-refractivity contribution is 5.24. The zero-order valence-electron chi connectivity index (χ0n) is 7.12. The molecule has 0 fully saturated rings. The summed E-state index contributed by atoms with van der Waals surface area (Å²) in [7, 11) is 0. The molecule has 2 N–H and O–H groups in total. The van der Waals surface area contributed by atoms with Crippen molar-refractivity contribution in [3.8, 4) is 0 Å². The number of aromatic nitrogens is 2. The van der Waals surface area contributed by atoms with Crippen LogP contribution in [0.3, 0.4) is 0 Å². The molecule has 0 aliphatic rings. The summed E-state index contributed by atoms with van der Waals surface area (Å²) in [6.07, 6.45) is 2.43. The molecule has 0 aromatic carbocycles. The Morgan fingerprint density at radius 1 is 1.58 bits per heavy atom. The molecule has 12 heavy (non-hydrogen) atoms. The molecule has 1 heterocycles. The zero-order chi connectivity index (χ0) is 8.81. The normalized spacial score (nSPS) is 9.83. The Hall–Kier alpha value is -1.16. The van der Waals surface area contributed by atoms with Gasteiger partial charge < -0.3 is 10.4 Å². The van der Waals surface area contributed by atoms with Crippen molar-refractivity contribution < 1.29 is 5.11 Å². The van der Waals surface area contributed by atoms with Gasteiger partial charge in [-0.2, -0.15) is 0 Å². The SMILES string of the molecule is Cc1ccnc(NCCCO)n1. The Bertz CT molecular complexity index is 239. The molecule has 0 bridgehead atoms. The first kappa shape index (κ1) is 8.93. The van der Waals surface area contributed by atoms with Crippen molar-refractivity contribution in [2.75, 3.05) is 18.5 Å². The summed E-state index contributed by atoms with van der Waals surface area (Å²) in [6.45, 7) is 2.82. The lowest BCUT2D eigenvalue weighted by Gasteiger charge is -2.02. The monoisotopic (exact) mass is 167 g/mol. The minimum atomic E-state index is 0.193. The minimum absolute atomic E-state index is 0.193. The Morgan fingerprint density at radius 2 is 2.42 bits per heavy atom. The van der Waals surface area contributed by atoms with Crippen LogP contribution in [-0.2, 0) is 0 Å². The number of rotatable bonds is 4. The predicted octanol–water partition coefficient (Wildman–Crippen LogP) is 0.579. The maximum atomic E-state index is 8.52. The third-order valence-electron chi connectivity index (χ3n) is 1.41. The summed E-state index contributed by atoms with van der Waals surface area (Å²) in [6, 6.07) is 1.84. The topological polar surface area (TPSA) is 58.0 Å². The molecule has 0 saturated heterocycles. The van der Waals surface area contributed by atoms with Gasteiger partial charge in [-0.05, 0) is 19.4 Å². The van der Waals surface area contributed by atoms with Crippen molar-refractivity contribution in [1.29, 1.82) is 0 Å². The van der Waals surface area contributed by atoms with E-state index in [0.717, 1.165) is 12.1 Å². The molecule has 4 heteroatoms. The fourth-order valence-electron chi connectivity index (χ4n) is 0.813. The van der Waals surface area contributed by atoms with Crippen LogP contribution in [0.1, 0.15) is 12.1 Å². The van der Waals surface area contributed by atoms with Crippen LogP contribution in [0.4, 0.5) is 5.95 Å². The second-order valence-corrected chi connectivity index (χ2v) is 2.53. The number of nitrogens with one attached hydrogen (secondary N) is 1. The number of aliphatic hydroxyl groups is 1. The predicted molar refractivity (Wildman–Crippen MR) is 47.0 cm³/mol. The van der Waals surface area contributed by atoms with Gasteiger partial charge in [-0.25, -0.2) is 9.97 Å². The molecule has 0 aliphatic heterocycles. The first-order valence-electron chi connectivity index (χ1n) is 3.97. The van der Waals surface area contributed by atoms with Crippen LogP contribution >= 0.6 is 0 Å². The standard InChI is InChI=1S/C8H13N3O/c1-7-3-5-10-8(11-7)9-4-2-6-12/h3,5,12H,2,4,6H2,1H3,(H,9,10,11). The van der Waals surface area contributed by atoms with Crippen LogP contribution in [0.5, 0.6) is 0 Å². The number of aryl methyl sites for hydroxylation is 1. The van der Waals surface area contributed by atoms with E-state index in [-0.39, 0.29) is 6.61 Å². The van der Waals surface area contributed by atoms with Crippen LogP contribution in [0.25, 0.3) is 0 Å². The Kier molecular flexibility index (Phi) is 3.47. The summed E-state index contributed by atoms with van der Waals surface area (Å²) in [4.78, 5) is 8.15. The van der Waals surface area contributed by atoms with E-state index < -0.39 is 0 Å². The average Bonchev–Trinajstić information content (AvgIpc) is 2.05. The van der Waals surface area contributed by atoms with Gasteiger partial charge in [0.25, 0.3) is 0 Å². The van der Waals surface area contributed by atoms with E-state index in [1.807, 2.05) is 13.0 Å². The molecule has 0 radical (unpaired) electrons. The molecule has 0 atom stereocenters. The van der Waals surface area contributed by atoms with Gasteiger partial charge in [0, 0.05) is 25.0 Å². The largest absolute Gasteiger partial charge is 0.396 e. The van der Waals surface area contributed by atoms with E-state index in [4.69, 9.17) is 5.11 Å². The van der Waals surface area contributed by atoms with Gasteiger partial charge in [-0.1, -0.05) is 0 Å². The van der Waals surface area contributed by atoms with Gasteiger partial charge in [0.05, 0.1) is 0 Å². The second kappa shape index (κ2) is 4.66. The zero-order valence-corrected chi connectivity index (χ0v) is 7.12. The number of anilines is 1. The van der Waals surface area contributed by atoms with Crippen molar-refractivity contribution in [2.45, 2.75) is 13.3 Å². The smallest absolute Gasteiger partial charge is 0.222 e. The van der Waals surface area contributed by atoms with Crippen LogP contribution in [0.15, 0.2) is 12.3 Å². The van der Waals surface area contributed by atoms with Crippen LogP contribution in [0.2, 0.25) is 0 Å². The molecule has 4 nitrogen and oxygen atoms in total. The third kappa shape index (κ3) is 2.84. The Morgan fingerprint density at radius 3 is 3.08 bits per heavy atom. The highest BCUT2D eigenvalue weighted by Crippen LogP contribution is 1.97. The Balaban J connectivity index is 2.41. The van der Waals surface area contributed by atoms with Crippen molar-refractivity contribution in [2.24, 2.45) is 0 Å². The molecular formula is C8H13N3O. The molecular weight excluding hydrogens is 154 g/mol. The van der Waals surface area contributed by atoms with E-state index in [0.29, 0.717) is 12.5 Å². The molecule has 0 spiro atoms. The lowest BCUT2D eigenvalue weighted by molar-refractivity contribution is 0.292. The summed E-state index contributed by atoms with van der Waals surface area (Å²) in [5, 5.41) is 11.5. The van der Waals surface area contributed by atoms with Gasteiger partial charge in [0.2, 0.25) is 5.95 Å². The van der Waals surface area contributed by atoms with Crippen molar-refractivity contribution in [3.63, 3.8) is 0 Å². The number of aliphatic hydroxyl groups excluding tert-OH is 1. The maximum Gasteiger partial charge on any atom is 0.222 e. The van der Waals surface area contributed by atoms with E-state index in [2.05, 4.69) is 15.3 Å². The average molecular weight is 167 g/mol. The van der Waals surface area contributed by atoms with Gasteiger partial charge in [0.15, 0.2) is 0 Å². The molecule has 1 rings (SSSR count). The first-order valence-corrected chi connectivity index (χ1v) is 3.97. The summed E-state index contributed by atoms with van der Waals surface area (Å²) < 4.78 is 0. The van der Waals surface area contributed by atoms with E-state index >= 15 is 0 Å². The highest BCUT2D eigenvalue weighted by atomic mass is 16.3. The molecule has 66 valence electrons. The number of hydrogen-bond donors (Lipinski definition) is 2. The molecule has 1 aromatic rings. The van der Waals surface area contributed by atoms with Crippen LogP contribution < -0.4 is 5.32 Å². The number of nitrogens with zero attached hydrogens (tertiary/aromatic N) is 2. The van der Waals surface area contributed by atoms with Gasteiger partial charge in [-0.15, -0.1) is 0 Å². The van der Waals surface area contributed by atoms with Crippen molar-refractivity contribution in [1.82, 2.24) is 9.97 Å². The summed E-state index contributed by atoms with van der Waals surface area (Å²) in [5.74, 6) is 0.628. The summed E-state index contributed by atoms with van der Waals surface area (Å²) in [5.41, 5.74) is 0.941. The van der Waals surface area contributed by atoms with E-state index in [1.165, 1.54) is 0 Å². The molecule has 0 unspecified atom stereocenters. The third-order valence-corrected chi connectivity index (χ3v) is 1.41. The number of hydrogen-bond acceptors (Lipinski definition) is 4. The summed E-state index contributed by atoms with van der Waals surface area (Å²) >= 11 is 0. The fraction of sp³-hybridized carbons (Fsp3) is 0.500. The van der Waals surface area contributed by atoms with Crippen LogP contribution in [0, 0.1) is 6.92 Å². The van der Waals surface area contributed by atoms with Gasteiger partial charge in [0.1, 0.15) is 0 Å². The van der Waals surface area contributed by atoms with Gasteiger partial charge in [-0.3, -0.25) is 0 Å². The molecule has 0 saturated carbocycles. The Labute approximate surface area is 71.7 Å². The quantitative estimate of drug-likeness (QED) is 0.644.